The third-order valence-electron chi connectivity index (χ3n) is 9.29. The molecule has 1 fully saturated rings. The standard InChI is InChI=1S/C38H43N7O5S3/c1-5-6-29-28-8-7-27(17-25(28)11-15-45(29)36(48)26(19-39)18-32-40-12-16-51-32)49-22-33(46)44-13-9-24(10-14-44)35(47)43-37-42-21-34(53-37)52-23-31-41-20-30(50-31)38(2,3)4/h7-8,12,16-18,20-21,24,29H,5-6,9-11,13-15,22-23H2,1-4H3,(H,42,43,47). The molecule has 0 radical (unpaired) electrons. The highest BCUT2D eigenvalue weighted by Gasteiger charge is 2.33. The monoisotopic (exact) mass is 773 g/mol. The minimum atomic E-state index is -0.292. The number of aromatic nitrogens is 3. The molecule has 5 heterocycles. The quantitative estimate of drug-likeness (QED) is 0.0884. The molecule has 278 valence electrons. The zero-order valence-corrected chi connectivity index (χ0v) is 32.7. The fourth-order valence-electron chi connectivity index (χ4n) is 6.41. The molecule has 6 rings (SSSR count). The number of piperidine rings is 1. The normalized spacial score (nSPS) is 16.6. The molecule has 0 spiro atoms. The lowest BCUT2D eigenvalue weighted by atomic mass is 9.89. The van der Waals surface area contributed by atoms with Crippen molar-refractivity contribution < 1.29 is 23.5 Å². The predicted molar refractivity (Wildman–Crippen MR) is 206 cm³/mol. The summed E-state index contributed by atoms with van der Waals surface area (Å²) in [5.74, 6) is 1.96. The molecule has 0 saturated carbocycles. The molecule has 1 N–H and O–H groups in total. The van der Waals surface area contributed by atoms with Crippen molar-refractivity contribution in [2.24, 2.45) is 5.92 Å². The van der Waals surface area contributed by atoms with Crippen LogP contribution in [0.2, 0.25) is 0 Å². The maximum Gasteiger partial charge on any atom is 0.265 e. The van der Waals surface area contributed by atoms with Crippen LogP contribution in [-0.2, 0) is 32.0 Å². The summed E-state index contributed by atoms with van der Waals surface area (Å²) in [5, 5.41) is 15.7. The van der Waals surface area contributed by atoms with Crippen LogP contribution in [0.15, 0.2) is 56.4 Å². The van der Waals surface area contributed by atoms with Gasteiger partial charge in [0.25, 0.3) is 11.8 Å². The smallest absolute Gasteiger partial charge is 0.265 e. The zero-order chi connectivity index (χ0) is 37.5. The second kappa shape index (κ2) is 17.1. The molecule has 12 nitrogen and oxygen atoms in total. The summed E-state index contributed by atoms with van der Waals surface area (Å²) in [4.78, 5) is 56.1. The molecule has 0 bridgehead atoms. The molecule has 3 aromatic heterocycles. The highest BCUT2D eigenvalue weighted by Crippen LogP contribution is 2.37. The summed E-state index contributed by atoms with van der Waals surface area (Å²) < 4.78 is 12.8. The van der Waals surface area contributed by atoms with E-state index in [9.17, 15) is 19.6 Å². The molecular formula is C38H43N7O5S3. The number of hydrogen-bond donors (Lipinski definition) is 1. The Hall–Kier alpha value is -4.52. The van der Waals surface area contributed by atoms with E-state index < -0.39 is 0 Å². The fourth-order valence-corrected chi connectivity index (χ4v) is 8.70. The molecule has 4 aromatic rings. The topological polar surface area (TPSA) is 155 Å². The number of oxazole rings is 1. The molecular weight excluding hydrogens is 731 g/mol. The number of benzene rings is 1. The number of fused-ring (bicyclic) bond motifs is 1. The number of nitrogens with zero attached hydrogens (tertiary/aromatic N) is 6. The number of likely N-dealkylation sites (tertiary alicyclic amines) is 1. The number of nitriles is 1. The molecule has 1 atom stereocenters. The average Bonchev–Trinajstić information content (AvgIpc) is 3.95. The first-order valence-electron chi connectivity index (χ1n) is 17.7. The molecule has 3 amide bonds. The van der Waals surface area contributed by atoms with Crippen LogP contribution >= 0.6 is 34.4 Å². The predicted octanol–water partition coefficient (Wildman–Crippen LogP) is 7.27. The summed E-state index contributed by atoms with van der Waals surface area (Å²) in [7, 11) is 0. The molecule has 1 aromatic carbocycles. The summed E-state index contributed by atoms with van der Waals surface area (Å²) in [6.45, 7) is 9.64. The number of rotatable bonds is 12. The maximum absolute atomic E-state index is 13.5. The number of thioether (sulfide) groups is 1. The van der Waals surface area contributed by atoms with E-state index in [4.69, 9.17) is 9.15 Å². The van der Waals surface area contributed by atoms with Gasteiger partial charge >= 0.3 is 0 Å². The molecule has 1 unspecified atom stereocenters. The van der Waals surface area contributed by atoms with Crippen molar-refractivity contribution in [2.75, 3.05) is 31.6 Å². The van der Waals surface area contributed by atoms with E-state index in [1.807, 2.05) is 23.6 Å². The van der Waals surface area contributed by atoms with Gasteiger partial charge in [0.05, 0.1) is 28.4 Å². The summed E-state index contributed by atoms with van der Waals surface area (Å²) in [6.07, 6.45) is 10.1. The largest absolute Gasteiger partial charge is 0.484 e. The average molecular weight is 774 g/mol. The van der Waals surface area contributed by atoms with Crippen LogP contribution in [0.5, 0.6) is 5.75 Å². The van der Waals surface area contributed by atoms with Gasteiger partial charge in [0.1, 0.15) is 28.2 Å². The van der Waals surface area contributed by atoms with Gasteiger partial charge < -0.3 is 24.3 Å². The minimum Gasteiger partial charge on any atom is -0.484 e. The van der Waals surface area contributed by atoms with Gasteiger partial charge in [0.15, 0.2) is 11.7 Å². The van der Waals surface area contributed by atoms with Gasteiger partial charge in [-0.3, -0.25) is 14.4 Å². The number of thiazole rings is 2. The third kappa shape index (κ3) is 9.54. The van der Waals surface area contributed by atoms with Crippen LogP contribution in [0, 0.1) is 17.2 Å². The minimum absolute atomic E-state index is 0.0747. The lowest BCUT2D eigenvalue weighted by molar-refractivity contribution is -0.136. The summed E-state index contributed by atoms with van der Waals surface area (Å²) >= 11 is 4.36. The number of amides is 3. The first kappa shape index (κ1) is 38.2. The van der Waals surface area contributed by atoms with Gasteiger partial charge in [-0.05, 0) is 55.0 Å². The third-order valence-corrected chi connectivity index (χ3v) is 12.1. The zero-order valence-electron chi connectivity index (χ0n) is 30.3. The van der Waals surface area contributed by atoms with Crippen LogP contribution in [0.1, 0.15) is 87.2 Å². The molecule has 2 aliphatic heterocycles. The Kier molecular flexibility index (Phi) is 12.3. The second-order valence-electron chi connectivity index (χ2n) is 14.0. The van der Waals surface area contributed by atoms with Crippen molar-refractivity contribution in [3.05, 3.63) is 75.5 Å². The molecule has 1 saturated heterocycles. The number of nitrogens with one attached hydrogen (secondary N) is 1. The molecule has 15 heteroatoms. The van der Waals surface area contributed by atoms with Crippen molar-refractivity contribution in [2.45, 2.75) is 81.2 Å². The Bertz CT molecular complexity index is 1980. The van der Waals surface area contributed by atoms with Crippen molar-refractivity contribution in [1.29, 1.82) is 5.26 Å². The highest BCUT2D eigenvalue weighted by molar-refractivity contribution is 8.00. The second-order valence-corrected chi connectivity index (χ2v) is 17.3. The van der Waals surface area contributed by atoms with E-state index >= 15 is 0 Å². The van der Waals surface area contributed by atoms with Crippen LogP contribution in [0.25, 0.3) is 6.08 Å². The maximum atomic E-state index is 13.5. The van der Waals surface area contributed by atoms with E-state index in [0.717, 1.165) is 33.9 Å². The van der Waals surface area contributed by atoms with Crippen LogP contribution in [-0.4, -0.2) is 68.7 Å². The SMILES string of the molecule is CCCC1c2ccc(OCC(=O)N3CCC(C(=O)Nc4ncc(SCc5ncc(C(C)(C)C)o5)s4)CC3)cc2CCN1C(=O)C(C#N)=Cc1nccs1. The number of anilines is 1. The Balaban J connectivity index is 0.962. The lowest BCUT2D eigenvalue weighted by Gasteiger charge is -2.37. The van der Waals surface area contributed by atoms with E-state index in [1.165, 1.54) is 22.7 Å². The van der Waals surface area contributed by atoms with Gasteiger partial charge in [-0.2, -0.15) is 5.26 Å². The summed E-state index contributed by atoms with van der Waals surface area (Å²) in [6, 6.07) is 7.68. The number of hydrogen-bond acceptors (Lipinski definition) is 12. The Morgan fingerprint density at radius 2 is 1.96 bits per heavy atom. The van der Waals surface area contributed by atoms with Crippen molar-refractivity contribution in [1.82, 2.24) is 24.8 Å². The lowest BCUT2D eigenvalue weighted by Crippen LogP contribution is -2.43. The van der Waals surface area contributed by atoms with Crippen molar-refractivity contribution in [3.63, 3.8) is 0 Å². The highest BCUT2D eigenvalue weighted by atomic mass is 32.2. The van der Waals surface area contributed by atoms with Crippen molar-refractivity contribution >= 4 is 63.4 Å². The number of carbonyl (C=O) groups excluding carboxylic acids is 3. The first-order valence-corrected chi connectivity index (χ1v) is 20.4. The van der Waals surface area contributed by atoms with E-state index in [-0.39, 0.29) is 47.3 Å². The summed E-state index contributed by atoms with van der Waals surface area (Å²) in [5.41, 5.74) is 2.08. The first-order chi connectivity index (χ1) is 25.5. The van der Waals surface area contributed by atoms with Crippen LogP contribution < -0.4 is 10.1 Å². The van der Waals surface area contributed by atoms with Crippen LogP contribution in [0.4, 0.5) is 5.13 Å². The van der Waals surface area contributed by atoms with Gasteiger partial charge in [-0.1, -0.05) is 51.5 Å². The van der Waals surface area contributed by atoms with Crippen molar-refractivity contribution in [3.8, 4) is 11.8 Å². The van der Waals surface area contributed by atoms with E-state index in [2.05, 4.69) is 54.0 Å². The van der Waals surface area contributed by atoms with Gasteiger partial charge in [-0.25, -0.2) is 15.0 Å². The Morgan fingerprint density at radius 3 is 2.66 bits per heavy atom. The number of ether oxygens (including phenoxy) is 1. The van der Waals surface area contributed by atoms with Gasteiger partial charge in [0.2, 0.25) is 11.8 Å². The molecule has 53 heavy (non-hydrogen) atoms. The Morgan fingerprint density at radius 1 is 1.15 bits per heavy atom. The van der Waals surface area contributed by atoms with Gasteiger partial charge in [-0.15, -0.1) is 23.1 Å². The van der Waals surface area contributed by atoms with E-state index in [1.54, 1.807) is 46.2 Å². The molecule has 2 aliphatic rings. The fraction of sp³-hybridized carbons (Fsp3) is 0.447. The van der Waals surface area contributed by atoms with Crippen LogP contribution in [0.3, 0.4) is 0 Å². The molecule has 0 aliphatic carbocycles. The van der Waals surface area contributed by atoms with E-state index in [0.29, 0.717) is 66.4 Å². The number of carbonyl (C=O) groups is 3. The Labute approximate surface area is 321 Å². The van der Waals surface area contributed by atoms with Gasteiger partial charge in [0, 0.05) is 42.5 Å².